The molecule has 29 heavy (non-hydrogen) atoms. The Hall–Kier alpha value is -2.29. The monoisotopic (exact) mass is 401 g/mol. The van der Waals surface area contributed by atoms with Crippen molar-refractivity contribution in [2.45, 2.75) is 50.8 Å². The van der Waals surface area contributed by atoms with E-state index in [9.17, 15) is 15.0 Å². The van der Waals surface area contributed by atoms with Crippen LogP contribution in [0.4, 0.5) is 0 Å². The summed E-state index contributed by atoms with van der Waals surface area (Å²) >= 11 is 0. The molecule has 0 spiro atoms. The van der Waals surface area contributed by atoms with Crippen LogP contribution in [0.1, 0.15) is 18.1 Å². The number of benzene rings is 2. The molecule has 7 heteroatoms. The quantitative estimate of drug-likeness (QED) is 0.587. The molecule has 0 aliphatic carbocycles. The van der Waals surface area contributed by atoms with Gasteiger partial charge in [-0.1, -0.05) is 60.7 Å². The summed E-state index contributed by atoms with van der Waals surface area (Å²) < 4.78 is 17.8. The molecule has 0 bridgehead atoms. The number of carbonyl (C=O) groups is 1. The average molecular weight is 401 g/mol. The van der Waals surface area contributed by atoms with Crippen molar-refractivity contribution in [1.29, 1.82) is 0 Å². The first-order valence-corrected chi connectivity index (χ1v) is 9.61. The Bertz CT molecular complexity index is 756. The predicted octanol–water partition coefficient (Wildman–Crippen LogP) is 1.37. The Morgan fingerprint density at radius 3 is 2.10 bits per heavy atom. The van der Waals surface area contributed by atoms with Gasteiger partial charge in [0.15, 0.2) is 6.29 Å². The standard InChI is InChI=1S/C22H27NO6/c1-15(25)23-19-21(27-13-16-8-4-2-5-9-16)20(18(26)12-24)29-22(19)28-14-17-10-6-3-7-11-17/h2-11,18-22,24,26H,12-14H2,1H3,(H,23,25)/t18-,19?,20-,21+,22+/m1/s1. The van der Waals surface area contributed by atoms with Gasteiger partial charge in [0.25, 0.3) is 0 Å². The Morgan fingerprint density at radius 1 is 1.03 bits per heavy atom. The molecule has 1 amide bonds. The van der Waals surface area contributed by atoms with Gasteiger partial charge in [-0.25, -0.2) is 0 Å². The molecule has 3 rings (SSSR count). The molecule has 1 unspecified atom stereocenters. The topological polar surface area (TPSA) is 97.3 Å². The van der Waals surface area contributed by atoms with Gasteiger partial charge in [0.05, 0.1) is 19.8 Å². The highest BCUT2D eigenvalue weighted by Gasteiger charge is 2.49. The summed E-state index contributed by atoms with van der Waals surface area (Å²) in [5.74, 6) is -0.264. The van der Waals surface area contributed by atoms with E-state index in [-0.39, 0.29) is 19.1 Å². The second kappa shape index (κ2) is 10.5. The van der Waals surface area contributed by atoms with Gasteiger partial charge in [-0.05, 0) is 11.1 Å². The number of hydrogen-bond donors (Lipinski definition) is 3. The first kappa shape index (κ1) is 21.4. The van der Waals surface area contributed by atoms with Crippen LogP contribution in [0.25, 0.3) is 0 Å². The van der Waals surface area contributed by atoms with Crippen LogP contribution in [0.2, 0.25) is 0 Å². The van der Waals surface area contributed by atoms with E-state index in [4.69, 9.17) is 14.2 Å². The fourth-order valence-electron chi connectivity index (χ4n) is 3.34. The van der Waals surface area contributed by atoms with Crippen molar-refractivity contribution in [2.24, 2.45) is 0 Å². The van der Waals surface area contributed by atoms with E-state index in [0.717, 1.165) is 11.1 Å². The molecule has 2 aromatic rings. The third kappa shape index (κ3) is 5.85. The van der Waals surface area contributed by atoms with Crippen molar-refractivity contribution >= 4 is 5.91 Å². The molecule has 2 aromatic carbocycles. The van der Waals surface area contributed by atoms with Crippen molar-refractivity contribution in [3.05, 3.63) is 71.8 Å². The summed E-state index contributed by atoms with van der Waals surface area (Å²) in [6.45, 7) is 1.45. The van der Waals surface area contributed by atoms with Gasteiger partial charge in [0.2, 0.25) is 5.91 Å². The molecule has 7 nitrogen and oxygen atoms in total. The van der Waals surface area contributed by atoms with Crippen LogP contribution in [-0.4, -0.2) is 53.4 Å². The molecule has 5 atom stereocenters. The molecular formula is C22H27NO6. The number of aliphatic hydroxyl groups is 2. The first-order chi connectivity index (χ1) is 14.1. The molecule has 0 aromatic heterocycles. The summed E-state index contributed by atoms with van der Waals surface area (Å²) in [6, 6.07) is 18.5. The van der Waals surface area contributed by atoms with Crippen LogP contribution in [0.3, 0.4) is 0 Å². The zero-order valence-electron chi connectivity index (χ0n) is 16.3. The lowest BCUT2D eigenvalue weighted by atomic mass is 10.0. The molecule has 1 aliphatic heterocycles. The lowest BCUT2D eigenvalue weighted by Crippen LogP contribution is -2.50. The minimum Gasteiger partial charge on any atom is -0.394 e. The number of ether oxygens (including phenoxy) is 3. The Kier molecular flexibility index (Phi) is 7.74. The highest BCUT2D eigenvalue weighted by atomic mass is 16.7. The van der Waals surface area contributed by atoms with E-state index in [0.29, 0.717) is 0 Å². The predicted molar refractivity (Wildman–Crippen MR) is 106 cm³/mol. The molecule has 0 radical (unpaired) electrons. The summed E-state index contributed by atoms with van der Waals surface area (Å²) in [5, 5.41) is 22.5. The molecule has 0 saturated carbocycles. The van der Waals surface area contributed by atoms with Gasteiger partial charge in [-0.2, -0.15) is 0 Å². The molecule has 3 N–H and O–H groups in total. The first-order valence-electron chi connectivity index (χ1n) is 9.61. The van der Waals surface area contributed by atoms with Gasteiger partial charge < -0.3 is 29.7 Å². The second-order valence-corrected chi connectivity index (χ2v) is 7.00. The van der Waals surface area contributed by atoms with Gasteiger partial charge in [-0.3, -0.25) is 4.79 Å². The molecule has 1 saturated heterocycles. The minimum absolute atomic E-state index is 0.264. The number of amides is 1. The number of rotatable bonds is 9. The van der Waals surface area contributed by atoms with Gasteiger partial charge in [0, 0.05) is 6.92 Å². The molecular weight excluding hydrogens is 374 g/mol. The lowest BCUT2D eigenvalue weighted by Gasteiger charge is -2.26. The van der Waals surface area contributed by atoms with Crippen molar-refractivity contribution in [3.63, 3.8) is 0 Å². The van der Waals surface area contributed by atoms with E-state index in [2.05, 4.69) is 5.32 Å². The fourth-order valence-corrected chi connectivity index (χ4v) is 3.34. The molecule has 156 valence electrons. The summed E-state index contributed by atoms with van der Waals surface area (Å²) in [5.41, 5.74) is 1.89. The normalized spacial score (nSPS) is 24.9. The maximum absolute atomic E-state index is 11.8. The Labute approximate surface area is 170 Å². The summed E-state index contributed by atoms with van der Waals surface area (Å²) in [4.78, 5) is 11.8. The maximum atomic E-state index is 11.8. The minimum atomic E-state index is -1.17. The van der Waals surface area contributed by atoms with Gasteiger partial charge in [-0.15, -0.1) is 0 Å². The largest absolute Gasteiger partial charge is 0.394 e. The SMILES string of the molecule is CC(=O)NC1[C@@H](OCc2ccccc2)O[C@H]([C@H](O)CO)[C@H]1OCc1ccccc1. The van der Waals surface area contributed by atoms with Crippen molar-refractivity contribution in [2.75, 3.05) is 6.61 Å². The molecule has 1 aliphatic rings. The number of aliphatic hydroxyl groups excluding tert-OH is 2. The van der Waals surface area contributed by atoms with E-state index in [1.54, 1.807) is 0 Å². The maximum Gasteiger partial charge on any atom is 0.217 e. The van der Waals surface area contributed by atoms with Crippen LogP contribution >= 0.6 is 0 Å². The third-order valence-corrected chi connectivity index (χ3v) is 4.74. The number of hydrogen-bond acceptors (Lipinski definition) is 6. The zero-order valence-corrected chi connectivity index (χ0v) is 16.3. The molecule has 1 heterocycles. The lowest BCUT2D eigenvalue weighted by molar-refractivity contribution is -0.174. The van der Waals surface area contributed by atoms with Crippen LogP contribution in [0, 0.1) is 0 Å². The van der Waals surface area contributed by atoms with E-state index >= 15 is 0 Å². The van der Waals surface area contributed by atoms with Gasteiger partial charge >= 0.3 is 0 Å². The fraction of sp³-hybridized carbons (Fsp3) is 0.409. The van der Waals surface area contributed by atoms with Crippen molar-refractivity contribution in [1.82, 2.24) is 5.32 Å². The van der Waals surface area contributed by atoms with Crippen molar-refractivity contribution in [3.8, 4) is 0 Å². The van der Waals surface area contributed by atoms with Crippen LogP contribution in [-0.2, 0) is 32.2 Å². The second-order valence-electron chi connectivity index (χ2n) is 7.00. The highest BCUT2D eigenvalue weighted by Crippen LogP contribution is 2.29. The van der Waals surface area contributed by atoms with E-state index < -0.39 is 37.3 Å². The Morgan fingerprint density at radius 2 is 1.59 bits per heavy atom. The zero-order chi connectivity index (χ0) is 20.6. The number of carbonyl (C=O) groups excluding carboxylic acids is 1. The Balaban J connectivity index is 1.75. The van der Waals surface area contributed by atoms with Crippen LogP contribution in [0.15, 0.2) is 60.7 Å². The highest BCUT2D eigenvalue weighted by molar-refractivity contribution is 5.73. The smallest absolute Gasteiger partial charge is 0.217 e. The number of nitrogens with one attached hydrogen (secondary N) is 1. The van der Waals surface area contributed by atoms with Crippen LogP contribution < -0.4 is 5.32 Å². The van der Waals surface area contributed by atoms with E-state index in [1.165, 1.54) is 6.92 Å². The molecule has 1 fully saturated rings. The van der Waals surface area contributed by atoms with E-state index in [1.807, 2.05) is 60.7 Å². The van der Waals surface area contributed by atoms with Gasteiger partial charge in [0.1, 0.15) is 24.4 Å². The summed E-state index contributed by atoms with van der Waals surface area (Å²) in [7, 11) is 0. The van der Waals surface area contributed by atoms with Crippen molar-refractivity contribution < 1.29 is 29.2 Å². The van der Waals surface area contributed by atoms with Crippen LogP contribution in [0.5, 0.6) is 0 Å². The summed E-state index contributed by atoms with van der Waals surface area (Å²) in [6.07, 6.45) is -3.54. The third-order valence-electron chi connectivity index (χ3n) is 4.74. The average Bonchev–Trinajstić information content (AvgIpc) is 3.08.